The second-order valence-electron chi connectivity index (χ2n) is 4.21. The van der Waals surface area contributed by atoms with E-state index in [4.69, 9.17) is 0 Å². The number of nitrogens with one attached hydrogen (secondary N) is 1. The predicted octanol–water partition coefficient (Wildman–Crippen LogP) is 2.03. The Balaban J connectivity index is 1.94. The van der Waals surface area contributed by atoms with Gasteiger partial charge in [0, 0.05) is 12.6 Å². The number of hydrogen-bond donors (Lipinski definition) is 1. The second-order valence-corrected chi connectivity index (χ2v) is 4.21. The van der Waals surface area contributed by atoms with Crippen LogP contribution in [-0.4, -0.2) is 37.6 Å². The van der Waals surface area contributed by atoms with Crippen molar-refractivity contribution in [2.45, 2.75) is 38.1 Å². The summed E-state index contributed by atoms with van der Waals surface area (Å²) in [5.74, 6) is 0. The molecule has 1 N–H and O–H groups in total. The summed E-state index contributed by atoms with van der Waals surface area (Å²) in [6, 6.07) is 0.739. The highest BCUT2D eigenvalue weighted by Crippen LogP contribution is 2.10. The van der Waals surface area contributed by atoms with Gasteiger partial charge >= 0.3 is 0 Å². The van der Waals surface area contributed by atoms with Crippen LogP contribution in [0.3, 0.4) is 0 Å². The smallest absolute Gasteiger partial charge is 0.0204 e. The Morgan fingerprint density at radius 3 is 2.93 bits per heavy atom. The highest BCUT2D eigenvalue weighted by Gasteiger charge is 2.19. The van der Waals surface area contributed by atoms with Gasteiger partial charge in [0.1, 0.15) is 0 Å². The molecule has 2 heteroatoms. The number of nitrogens with zero attached hydrogens (tertiary/aromatic N) is 1. The molecule has 1 heterocycles. The first-order valence-corrected chi connectivity index (χ1v) is 5.87. The molecular weight excluding hydrogens is 172 g/mol. The predicted molar refractivity (Wildman–Crippen MR) is 62.6 cm³/mol. The van der Waals surface area contributed by atoms with Gasteiger partial charge in [0.15, 0.2) is 0 Å². The molecule has 82 valence electrons. The van der Waals surface area contributed by atoms with Crippen molar-refractivity contribution in [3.05, 3.63) is 12.7 Å². The van der Waals surface area contributed by atoms with Crippen LogP contribution in [0.2, 0.25) is 0 Å². The summed E-state index contributed by atoms with van der Waals surface area (Å²) in [5.41, 5.74) is 0. The van der Waals surface area contributed by atoms with E-state index < -0.39 is 0 Å². The van der Waals surface area contributed by atoms with Crippen LogP contribution in [0.5, 0.6) is 0 Å². The fourth-order valence-electron chi connectivity index (χ4n) is 2.07. The Morgan fingerprint density at radius 1 is 1.43 bits per heavy atom. The number of hydrogen-bond acceptors (Lipinski definition) is 2. The highest BCUT2D eigenvalue weighted by molar-refractivity contribution is 4.79. The molecule has 0 aromatic carbocycles. The van der Waals surface area contributed by atoms with Gasteiger partial charge in [-0.1, -0.05) is 12.5 Å². The van der Waals surface area contributed by atoms with E-state index in [1.807, 2.05) is 6.08 Å². The van der Waals surface area contributed by atoms with Crippen molar-refractivity contribution in [3.63, 3.8) is 0 Å². The lowest BCUT2D eigenvalue weighted by molar-refractivity contribution is 0.320. The number of unbranched alkanes of at least 4 members (excludes halogenated alkanes) is 3. The largest absolute Gasteiger partial charge is 0.316 e. The quantitative estimate of drug-likeness (QED) is 0.495. The Hall–Kier alpha value is -0.340. The van der Waals surface area contributed by atoms with Crippen LogP contribution in [0.1, 0.15) is 32.1 Å². The van der Waals surface area contributed by atoms with Crippen LogP contribution in [0.4, 0.5) is 0 Å². The molecular formula is C12H24N2. The van der Waals surface area contributed by atoms with Gasteiger partial charge < -0.3 is 10.2 Å². The first-order valence-electron chi connectivity index (χ1n) is 5.87. The number of likely N-dealkylation sites (tertiary alicyclic amines) is 1. The van der Waals surface area contributed by atoms with E-state index in [-0.39, 0.29) is 0 Å². The van der Waals surface area contributed by atoms with E-state index >= 15 is 0 Å². The van der Waals surface area contributed by atoms with E-state index in [1.165, 1.54) is 51.7 Å². The summed E-state index contributed by atoms with van der Waals surface area (Å²) < 4.78 is 0. The summed E-state index contributed by atoms with van der Waals surface area (Å²) in [5, 5.41) is 3.35. The third-order valence-corrected chi connectivity index (χ3v) is 3.06. The third kappa shape index (κ3) is 4.25. The van der Waals surface area contributed by atoms with Gasteiger partial charge in [-0.3, -0.25) is 0 Å². The molecule has 2 nitrogen and oxygen atoms in total. The van der Waals surface area contributed by atoms with Gasteiger partial charge in [-0.15, -0.1) is 6.58 Å². The van der Waals surface area contributed by atoms with Crippen LogP contribution in [0, 0.1) is 0 Å². The van der Waals surface area contributed by atoms with E-state index in [0.717, 1.165) is 6.04 Å². The fourth-order valence-corrected chi connectivity index (χ4v) is 2.07. The van der Waals surface area contributed by atoms with Gasteiger partial charge in [-0.2, -0.15) is 0 Å². The molecule has 1 aliphatic heterocycles. The minimum absolute atomic E-state index is 0.739. The molecule has 14 heavy (non-hydrogen) atoms. The lowest BCUT2D eigenvalue weighted by atomic mass is 10.2. The van der Waals surface area contributed by atoms with Crippen LogP contribution in [0.15, 0.2) is 12.7 Å². The maximum Gasteiger partial charge on any atom is 0.0204 e. The maximum absolute atomic E-state index is 3.74. The summed E-state index contributed by atoms with van der Waals surface area (Å²) in [4.78, 5) is 2.58. The van der Waals surface area contributed by atoms with Crippen molar-refractivity contribution in [3.8, 4) is 0 Å². The zero-order valence-corrected chi connectivity index (χ0v) is 9.47. The molecule has 0 saturated carbocycles. The standard InChI is InChI=1S/C12H24N2/c1-3-4-5-6-7-9-14-10-8-12(11-14)13-2/h3,12-13H,1,4-11H2,2H3. The minimum Gasteiger partial charge on any atom is -0.316 e. The van der Waals surface area contributed by atoms with Gasteiger partial charge in [0.25, 0.3) is 0 Å². The van der Waals surface area contributed by atoms with E-state index in [2.05, 4.69) is 23.8 Å². The van der Waals surface area contributed by atoms with Gasteiger partial charge in [-0.25, -0.2) is 0 Å². The number of rotatable bonds is 7. The molecule has 1 aliphatic rings. The SMILES string of the molecule is C=CCCCCCN1CCC(NC)C1. The summed E-state index contributed by atoms with van der Waals surface area (Å²) in [6.07, 6.45) is 8.54. The molecule has 0 spiro atoms. The fraction of sp³-hybridized carbons (Fsp3) is 0.833. The summed E-state index contributed by atoms with van der Waals surface area (Å²) in [6.45, 7) is 7.56. The Kier molecular flexibility index (Phi) is 5.88. The Bertz CT molecular complexity index is 156. The zero-order chi connectivity index (χ0) is 10.2. The topological polar surface area (TPSA) is 15.3 Å². The van der Waals surface area contributed by atoms with Crippen LogP contribution >= 0.6 is 0 Å². The normalized spacial score (nSPS) is 22.8. The molecule has 1 saturated heterocycles. The molecule has 0 amide bonds. The van der Waals surface area contributed by atoms with Crippen molar-refractivity contribution in [2.75, 3.05) is 26.7 Å². The zero-order valence-electron chi connectivity index (χ0n) is 9.47. The summed E-state index contributed by atoms with van der Waals surface area (Å²) >= 11 is 0. The summed E-state index contributed by atoms with van der Waals surface area (Å²) in [7, 11) is 2.07. The van der Waals surface area contributed by atoms with Crippen molar-refractivity contribution in [1.82, 2.24) is 10.2 Å². The number of allylic oxidation sites excluding steroid dienone is 1. The molecule has 0 aliphatic carbocycles. The first-order chi connectivity index (χ1) is 6.86. The lowest BCUT2D eigenvalue weighted by Crippen LogP contribution is -2.30. The van der Waals surface area contributed by atoms with E-state index in [9.17, 15) is 0 Å². The van der Waals surface area contributed by atoms with Crippen molar-refractivity contribution >= 4 is 0 Å². The maximum atomic E-state index is 3.74. The molecule has 1 fully saturated rings. The lowest BCUT2D eigenvalue weighted by Gasteiger charge is -2.15. The van der Waals surface area contributed by atoms with E-state index in [0.29, 0.717) is 0 Å². The third-order valence-electron chi connectivity index (χ3n) is 3.06. The molecule has 1 unspecified atom stereocenters. The Morgan fingerprint density at radius 2 is 2.29 bits per heavy atom. The van der Waals surface area contributed by atoms with Crippen LogP contribution < -0.4 is 5.32 Å². The van der Waals surface area contributed by atoms with Gasteiger partial charge in [0.05, 0.1) is 0 Å². The molecule has 0 aromatic rings. The average Bonchev–Trinajstić information content (AvgIpc) is 2.65. The van der Waals surface area contributed by atoms with Crippen molar-refractivity contribution in [1.29, 1.82) is 0 Å². The molecule has 1 atom stereocenters. The Labute approximate surface area is 88.4 Å². The second kappa shape index (κ2) is 7.02. The molecule has 0 bridgehead atoms. The van der Waals surface area contributed by atoms with E-state index in [1.54, 1.807) is 0 Å². The molecule has 0 radical (unpaired) electrons. The minimum atomic E-state index is 0.739. The van der Waals surface area contributed by atoms with Crippen molar-refractivity contribution < 1.29 is 0 Å². The van der Waals surface area contributed by atoms with Crippen LogP contribution in [-0.2, 0) is 0 Å². The molecule has 0 aromatic heterocycles. The highest BCUT2D eigenvalue weighted by atomic mass is 15.2. The average molecular weight is 196 g/mol. The number of likely N-dealkylation sites (N-methyl/N-ethyl adjacent to an activating group) is 1. The van der Waals surface area contributed by atoms with Crippen molar-refractivity contribution in [2.24, 2.45) is 0 Å². The first kappa shape index (κ1) is 11.7. The molecule has 1 rings (SSSR count). The monoisotopic (exact) mass is 196 g/mol. The van der Waals surface area contributed by atoms with Gasteiger partial charge in [0.2, 0.25) is 0 Å². The van der Waals surface area contributed by atoms with Gasteiger partial charge in [-0.05, 0) is 45.8 Å². The van der Waals surface area contributed by atoms with Crippen LogP contribution in [0.25, 0.3) is 0 Å².